The number of carbonyl (C=O) groups is 1. The Morgan fingerprint density at radius 2 is 1.77 bits per heavy atom. The number of aromatic nitrogens is 1. The summed E-state index contributed by atoms with van der Waals surface area (Å²) in [6.07, 6.45) is 1.82. The van der Waals surface area contributed by atoms with E-state index in [0.717, 1.165) is 22.2 Å². The van der Waals surface area contributed by atoms with Gasteiger partial charge in [0.2, 0.25) is 0 Å². The van der Waals surface area contributed by atoms with Gasteiger partial charge in [-0.1, -0.05) is 53.8 Å². The van der Waals surface area contributed by atoms with Crippen LogP contribution < -0.4 is 25.1 Å². The van der Waals surface area contributed by atoms with Gasteiger partial charge < -0.3 is 25.6 Å². The second-order valence-electron chi connectivity index (χ2n) is 8.93. The summed E-state index contributed by atoms with van der Waals surface area (Å²) < 4.78 is 13.3. The van der Waals surface area contributed by atoms with Crippen molar-refractivity contribution >= 4 is 29.1 Å². The Labute approximate surface area is 234 Å². The molecule has 1 aromatic heterocycles. The van der Waals surface area contributed by atoms with Crippen LogP contribution in [0.2, 0.25) is 0 Å². The molecule has 0 aliphatic carbocycles. The van der Waals surface area contributed by atoms with Gasteiger partial charge in [0.15, 0.2) is 4.80 Å². The summed E-state index contributed by atoms with van der Waals surface area (Å²) in [5, 5.41) is 10.8. The maximum absolute atomic E-state index is 13.7. The number of allylic oxidation sites excluding steroid dienone is 1. The second kappa shape index (κ2) is 12.7. The van der Waals surface area contributed by atoms with Crippen molar-refractivity contribution in [3.63, 3.8) is 0 Å². The van der Waals surface area contributed by atoms with Gasteiger partial charge in [-0.3, -0.25) is 9.36 Å². The number of hydrogen-bond donors (Lipinski definition) is 1. The van der Waals surface area contributed by atoms with Gasteiger partial charge in [-0.15, -0.1) is 0 Å². The van der Waals surface area contributed by atoms with E-state index in [1.807, 2.05) is 72.8 Å². The zero-order valence-corrected chi connectivity index (χ0v) is 22.8. The van der Waals surface area contributed by atoms with Crippen molar-refractivity contribution in [1.29, 1.82) is 0 Å². The standard InChI is InChI=1S/C30H27N3O5S.H2O/c1-3-37-29(35)26-19(2)31-30-33(27(26)22-7-5-4-6-8-22)28(34)25(39-30)17-20-11-15-24(16-12-20)38-18-21-9-13-23(32-36)14-10-21;/h4-17,27H,3,18,32H2,1-2H3;1H2/b25-17-;. The summed E-state index contributed by atoms with van der Waals surface area (Å²) in [6.45, 7) is 4.13. The molecule has 1 unspecified atom stereocenters. The number of thiazole rings is 1. The van der Waals surface area contributed by atoms with E-state index in [-0.39, 0.29) is 17.6 Å². The van der Waals surface area contributed by atoms with E-state index in [4.69, 9.17) is 9.47 Å². The summed E-state index contributed by atoms with van der Waals surface area (Å²) >= 11 is 1.29. The molecular formula is C30H29N3O6S. The number of nitrogens with two attached hydrogens (primary N) is 1. The van der Waals surface area contributed by atoms with Gasteiger partial charge in [-0.2, -0.15) is 0 Å². The van der Waals surface area contributed by atoms with Gasteiger partial charge in [0, 0.05) is 0 Å². The number of hydrogen-bond acceptors (Lipinski definition) is 7. The summed E-state index contributed by atoms with van der Waals surface area (Å²) in [5.74, 6) is 0.212. The smallest absolute Gasteiger partial charge is 0.338 e. The first kappa shape index (κ1) is 28.7. The van der Waals surface area contributed by atoms with Crippen molar-refractivity contribution in [1.82, 2.24) is 4.57 Å². The molecule has 40 heavy (non-hydrogen) atoms. The van der Waals surface area contributed by atoms with Gasteiger partial charge in [-0.25, -0.2) is 9.79 Å². The molecule has 0 spiro atoms. The minimum absolute atomic E-state index is 0. The van der Waals surface area contributed by atoms with Crippen LogP contribution in [0.3, 0.4) is 0 Å². The molecule has 1 aliphatic rings. The van der Waals surface area contributed by atoms with E-state index in [2.05, 4.69) is 4.99 Å². The van der Waals surface area contributed by atoms with Gasteiger partial charge >= 0.3 is 5.97 Å². The maximum atomic E-state index is 13.7. The van der Waals surface area contributed by atoms with Crippen LogP contribution in [-0.2, 0) is 16.1 Å². The van der Waals surface area contributed by atoms with Gasteiger partial charge in [-0.05, 0) is 73.0 Å². The van der Waals surface area contributed by atoms with Crippen LogP contribution >= 0.6 is 11.3 Å². The predicted octanol–water partition coefficient (Wildman–Crippen LogP) is 2.25. The number of ether oxygens (including phenoxy) is 2. The lowest BCUT2D eigenvalue weighted by Crippen LogP contribution is -2.70. The van der Waals surface area contributed by atoms with Gasteiger partial charge in [0.25, 0.3) is 5.56 Å². The Morgan fingerprint density at radius 3 is 2.42 bits per heavy atom. The van der Waals surface area contributed by atoms with E-state index < -0.39 is 12.0 Å². The fourth-order valence-electron chi connectivity index (χ4n) is 4.41. The molecule has 1 atom stereocenters. The zero-order valence-electron chi connectivity index (χ0n) is 22.0. The SMILES string of the molecule is CCOC(=O)C1=C(C)N=c2s/c(=C\c3ccc(OCc4ccc([NH2+][O-])cc4)cc3)c(=O)n2C1c1ccccc1.O. The fourth-order valence-corrected chi connectivity index (χ4v) is 5.46. The summed E-state index contributed by atoms with van der Waals surface area (Å²) in [5.41, 5.74) is 4.71. The predicted molar refractivity (Wildman–Crippen MR) is 153 cm³/mol. The molecule has 0 fully saturated rings. The first-order chi connectivity index (χ1) is 19.0. The van der Waals surface area contributed by atoms with Crippen LogP contribution in [0.4, 0.5) is 5.69 Å². The molecule has 1 aliphatic heterocycles. The van der Waals surface area contributed by atoms with Crippen LogP contribution in [-0.4, -0.2) is 22.6 Å². The molecular weight excluding hydrogens is 530 g/mol. The molecule has 4 aromatic rings. The Bertz CT molecular complexity index is 1690. The number of benzene rings is 3. The molecule has 3 aromatic carbocycles. The lowest BCUT2D eigenvalue weighted by atomic mass is 9.96. The first-order valence-corrected chi connectivity index (χ1v) is 13.3. The molecule has 4 N–H and O–H groups in total. The third-order valence-electron chi connectivity index (χ3n) is 6.33. The molecule has 0 saturated carbocycles. The van der Waals surface area contributed by atoms with Crippen LogP contribution in [0.15, 0.2) is 99.9 Å². The Kier molecular flexibility index (Phi) is 9.08. The highest BCUT2D eigenvalue weighted by Crippen LogP contribution is 2.30. The normalized spacial score (nSPS) is 14.7. The van der Waals surface area contributed by atoms with Crippen molar-refractivity contribution in [2.75, 3.05) is 6.61 Å². The maximum Gasteiger partial charge on any atom is 0.338 e. The highest BCUT2D eigenvalue weighted by molar-refractivity contribution is 7.07. The van der Waals surface area contributed by atoms with Gasteiger partial charge in [0.05, 0.1) is 28.5 Å². The monoisotopic (exact) mass is 559 g/mol. The van der Waals surface area contributed by atoms with Crippen molar-refractivity contribution in [3.8, 4) is 5.75 Å². The lowest BCUT2D eigenvalue weighted by Gasteiger charge is -2.24. The van der Waals surface area contributed by atoms with Crippen LogP contribution in [0.1, 0.15) is 36.6 Å². The quantitative estimate of drug-likeness (QED) is 0.200. The zero-order chi connectivity index (χ0) is 27.4. The summed E-state index contributed by atoms with van der Waals surface area (Å²) in [6, 6.07) is 23.5. The van der Waals surface area contributed by atoms with Gasteiger partial charge in [0.1, 0.15) is 18.0 Å². The van der Waals surface area contributed by atoms with E-state index in [1.54, 1.807) is 30.5 Å². The average molecular weight is 560 g/mol. The van der Waals surface area contributed by atoms with E-state index in [0.29, 0.717) is 38.6 Å². The lowest BCUT2D eigenvalue weighted by molar-refractivity contribution is -0.497. The molecule has 0 saturated heterocycles. The number of quaternary nitrogens is 1. The number of fused-ring (bicyclic) bond motifs is 1. The summed E-state index contributed by atoms with van der Waals surface area (Å²) in [4.78, 5) is 31.7. The molecule has 10 heteroatoms. The average Bonchev–Trinajstić information content (AvgIpc) is 3.26. The topological polar surface area (TPSA) is 141 Å². The minimum Gasteiger partial charge on any atom is -0.630 e. The van der Waals surface area contributed by atoms with Crippen molar-refractivity contribution in [2.24, 2.45) is 4.99 Å². The largest absolute Gasteiger partial charge is 0.630 e. The molecule has 0 bridgehead atoms. The fraction of sp³-hybridized carbons (Fsp3) is 0.167. The molecule has 0 amide bonds. The van der Waals surface area contributed by atoms with Crippen molar-refractivity contribution in [3.05, 3.63) is 132 Å². The van der Waals surface area contributed by atoms with Crippen molar-refractivity contribution < 1.29 is 25.2 Å². The molecule has 9 nitrogen and oxygen atoms in total. The third kappa shape index (κ3) is 5.95. The highest BCUT2D eigenvalue weighted by atomic mass is 32.1. The summed E-state index contributed by atoms with van der Waals surface area (Å²) in [7, 11) is 0. The van der Waals surface area contributed by atoms with E-state index in [1.165, 1.54) is 11.3 Å². The molecule has 206 valence electrons. The third-order valence-corrected chi connectivity index (χ3v) is 7.31. The highest BCUT2D eigenvalue weighted by Gasteiger charge is 2.33. The van der Waals surface area contributed by atoms with Crippen LogP contribution in [0, 0.1) is 5.21 Å². The Morgan fingerprint density at radius 1 is 1.07 bits per heavy atom. The minimum atomic E-state index is -0.625. The number of nitrogens with zero attached hydrogens (tertiary/aromatic N) is 2. The van der Waals surface area contributed by atoms with Crippen molar-refractivity contribution in [2.45, 2.75) is 26.5 Å². The molecule has 5 rings (SSSR count). The second-order valence-corrected chi connectivity index (χ2v) is 9.94. The number of carbonyl (C=O) groups excluding carboxylic acids is 1. The number of rotatable bonds is 8. The molecule has 0 radical (unpaired) electrons. The Balaban J connectivity index is 0.00000370. The Hall–Kier alpha value is -4.35. The molecule has 2 heterocycles. The first-order valence-electron chi connectivity index (χ1n) is 12.5. The van der Waals surface area contributed by atoms with Crippen LogP contribution in [0.25, 0.3) is 6.08 Å². The van der Waals surface area contributed by atoms with Crippen LogP contribution in [0.5, 0.6) is 5.75 Å². The number of esters is 1. The van der Waals surface area contributed by atoms with E-state index in [9.17, 15) is 14.8 Å². The van der Waals surface area contributed by atoms with E-state index >= 15 is 0 Å².